The Balaban J connectivity index is 2.66. The van der Waals surface area contributed by atoms with E-state index in [0.29, 0.717) is 5.82 Å². The summed E-state index contributed by atoms with van der Waals surface area (Å²) in [6.45, 7) is 0. The van der Waals surface area contributed by atoms with E-state index in [-0.39, 0.29) is 0 Å². The van der Waals surface area contributed by atoms with Crippen LogP contribution in [-0.2, 0) is 0 Å². The van der Waals surface area contributed by atoms with Gasteiger partial charge in [0, 0.05) is 0 Å². The molecule has 0 saturated carbocycles. The molecule has 0 radical (unpaired) electrons. The van der Waals surface area contributed by atoms with Gasteiger partial charge in [-0.05, 0) is 0 Å². The molecule has 0 aliphatic carbocycles. The van der Waals surface area contributed by atoms with Crippen LogP contribution >= 0.6 is 0 Å². The van der Waals surface area contributed by atoms with Crippen LogP contribution in [0.15, 0.2) is 18.2 Å². The summed E-state index contributed by atoms with van der Waals surface area (Å²) in [5.74, 6) is 0.609. The van der Waals surface area contributed by atoms with Gasteiger partial charge in [0.2, 0.25) is 0 Å². The Bertz CT molecular complexity index is 468. The second-order valence-electron chi connectivity index (χ2n) is 4.62. The summed E-state index contributed by atoms with van der Waals surface area (Å²) in [7, 11) is 0. The fraction of sp³-hybridized carbons (Fsp3) is 0.300. The summed E-state index contributed by atoms with van der Waals surface area (Å²) in [6.07, 6.45) is 0. The second-order valence-corrected chi connectivity index (χ2v) is 19.1. The van der Waals surface area contributed by atoms with Crippen molar-refractivity contribution in [2.24, 2.45) is 0 Å². The molecular weight excluding hydrogens is 281 g/mol. The van der Waals surface area contributed by atoms with E-state index in [2.05, 4.69) is 43.2 Å². The summed E-state index contributed by atoms with van der Waals surface area (Å²) < 4.78 is 1.49. The van der Waals surface area contributed by atoms with Crippen molar-refractivity contribution in [3.63, 3.8) is 0 Å². The molecule has 0 saturated heterocycles. The number of rotatable bonds is 1. The Morgan fingerprint density at radius 3 is 2.64 bits per heavy atom. The van der Waals surface area contributed by atoms with E-state index >= 15 is 0 Å². The van der Waals surface area contributed by atoms with E-state index in [9.17, 15) is 0 Å². The molecule has 0 amide bonds. The molecule has 0 atom stereocenters. The maximum absolute atomic E-state index is 5.77. The van der Waals surface area contributed by atoms with Crippen LogP contribution in [0.2, 0.25) is 14.8 Å². The van der Waals surface area contributed by atoms with Crippen LogP contribution in [0.5, 0.6) is 0 Å². The van der Waals surface area contributed by atoms with E-state index in [1.807, 2.05) is 0 Å². The van der Waals surface area contributed by atoms with E-state index in [1.165, 1.54) is 3.58 Å². The predicted molar refractivity (Wildman–Crippen MR) is 63.5 cm³/mol. The third-order valence-electron chi connectivity index (χ3n) is 2.46. The van der Waals surface area contributed by atoms with Gasteiger partial charge >= 0.3 is 87.6 Å². The number of benzene rings is 1. The third kappa shape index (κ3) is 1.60. The van der Waals surface area contributed by atoms with E-state index < -0.39 is 18.4 Å². The molecular formula is C10H15N3Sn. The number of nitrogens with one attached hydrogen (secondary N) is 1. The molecule has 2 aromatic rings. The molecule has 0 aliphatic rings. The first-order valence-corrected chi connectivity index (χ1v) is 14.7. The van der Waals surface area contributed by atoms with Crippen LogP contribution in [0.3, 0.4) is 0 Å². The van der Waals surface area contributed by atoms with Gasteiger partial charge in [-0.25, -0.2) is 0 Å². The fourth-order valence-corrected chi connectivity index (χ4v) is 4.81. The Labute approximate surface area is 87.6 Å². The molecule has 3 nitrogen and oxygen atoms in total. The number of anilines is 1. The number of hydrogen-bond acceptors (Lipinski definition) is 2. The summed E-state index contributed by atoms with van der Waals surface area (Å²) in [6, 6.07) is 6.48. The Hall–Kier alpha value is -0.711. The zero-order valence-electron chi connectivity index (χ0n) is 8.76. The Morgan fingerprint density at radius 1 is 1.29 bits per heavy atom. The van der Waals surface area contributed by atoms with Crippen molar-refractivity contribution in [3.8, 4) is 0 Å². The molecule has 3 N–H and O–H groups in total. The number of nitrogen functional groups attached to an aromatic ring is 1. The van der Waals surface area contributed by atoms with Crippen LogP contribution in [-0.4, -0.2) is 28.6 Å². The fourth-order valence-electron chi connectivity index (χ4n) is 1.50. The summed E-state index contributed by atoms with van der Waals surface area (Å²) in [5.41, 5.74) is 6.80. The van der Waals surface area contributed by atoms with Gasteiger partial charge in [-0.1, -0.05) is 0 Å². The minimum absolute atomic E-state index is 0.609. The normalized spacial score (nSPS) is 12.2. The Kier molecular flexibility index (Phi) is 2.21. The maximum atomic E-state index is 5.77. The summed E-state index contributed by atoms with van der Waals surface area (Å²) in [5, 5.41) is 7.97. The molecule has 0 bridgehead atoms. The number of hydrogen-bond donors (Lipinski definition) is 2. The van der Waals surface area contributed by atoms with E-state index in [1.54, 1.807) is 0 Å². The monoisotopic (exact) mass is 297 g/mol. The van der Waals surface area contributed by atoms with Crippen molar-refractivity contribution in [3.05, 3.63) is 18.2 Å². The van der Waals surface area contributed by atoms with Gasteiger partial charge in [-0.15, -0.1) is 0 Å². The minimum atomic E-state index is -1.96. The number of H-pyrrole nitrogens is 1. The van der Waals surface area contributed by atoms with Crippen LogP contribution in [0.4, 0.5) is 5.82 Å². The molecule has 0 aliphatic heterocycles. The second kappa shape index (κ2) is 3.15. The predicted octanol–water partition coefficient (Wildman–Crippen LogP) is 1.69. The average Bonchev–Trinajstić information content (AvgIpc) is 2.46. The van der Waals surface area contributed by atoms with Crippen molar-refractivity contribution in [2.45, 2.75) is 14.8 Å². The van der Waals surface area contributed by atoms with E-state index in [0.717, 1.165) is 10.9 Å². The molecule has 14 heavy (non-hydrogen) atoms. The van der Waals surface area contributed by atoms with Crippen LogP contribution in [0.1, 0.15) is 0 Å². The molecule has 1 aromatic heterocycles. The van der Waals surface area contributed by atoms with Crippen LogP contribution in [0.25, 0.3) is 10.9 Å². The zero-order chi connectivity index (χ0) is 10.3. The first-order chi connectivity index (χ1) is 6.48. The molecule has 0 fully saturated rings. The summed E-state index contributed by atoms with van der Waals surface area (Å²) in [4.78, 5) is 7.18. The molecule has 0 unspecified atom stereocenters. The third-order valence-corrected chi connectivity index (χ3v) is 8.29. The molecule has 74 valence electrons. The van der Waals surface area contributed by atoms with Gasteiger partial charge in [0.1, 0.15) is 0 Å². The molecule has 2 rings (SSSR count). The van der Waals surface area contributed by atoms with Crippen molar-refractivity contribution in [1.29, 1.82) is 0 Å². The molecule has 1 heterocycles. The van der Waals surface area contributed by atoms with Crippen molar-refractivity contribution < 1.29 is 0 Å². The zero-order valence-corrected chi connectivity index (χ0v) is 11.6. The number of aromatic amines is 1. The van der Waals surface area contributed by atoms with Crippen molar-refractivity contribution >= 4 is 38.7 Å². The first kappa shape index (κ1) is 9.83. The van der Waals surface area contributed by atoms with Gasteiger partial charge in [0.05, 0.1) is 0 Å². The van der Waals surface area contributed by atoms with Gasteiger partial charge in [-0.2, -0.15) is 0 Å². The van der Waals surface area contributed by atoms with Gasteiger partial charge in [-0.3, -0.25) is 0 Å². The van der Waals surface area contributed by atoms with Gasteiger partial charge in [0.25, 0.3) is 0 Å². The van der Waals surface area contributed by atoms with Gasteiger partial charge < -0.3 is 0 Å². The number of fused-ring (bicyclic) bond motifs is 1. The van der Waals surface area contributed by atoms with Crippen LogP contribution < -0.4 is 9.31 Å². The number of nitrogens with two attached hydrogens (primary N) is 1. The van der Waals surface area contributed by atoms with Crippen molar-refractivity contribution in [2.75, 3.05) is 5.73 Å². The van der Waals surface area contributed by atoms with E-state index in [4.69, 9.17) is 5.73 Å². The summed E-state index contributed by atoms with van der Waals surface area (Å²) >= 11 is -1.96. The topological polar surface area (TPSA) is 54.7 Å². The number of aromatic nitrogens is 2. The van der Waals surface area contributed by atoms with Crippen molar-refractivity contribution in [1.82, 2.24) is 10.2 Å². The quantitative estimate of drug-likeness (QED) is 0.787. The van der Waals surface area contributed by atoms with Gasteiger partial charge in [0.15, 0.2) is 0 Å². The molecule has 4 heteroatoms. The van der Waals surface area contributed by atoms with Crippen LogP contribution in [0, 0.1) is 0 Å². The standard InChI is InChI=1S/C7H6N3.3CH3.Sn/c8-7-5-3-1-2-4-6(5)9-10-7;;;;/h2-4H,(H3,8,9,10);3*1H3;. The first-order valence-electron chi connectivity index (χ1n) is 4.72. The SMILES string of the molecule is [CH3][Sn]([CH3])([CH3])[c]1ccc2[nH]nc(N)c2c1. The molecule has 0 spiro atoms. The molecule has 1 aromatic carbocycles. The average molecular weight is 296 g/mol. The number of nitrogens with zero attached hydrogens (tertiary/aromatic N) is 1. The Morgan fingerprint density at radius 2 is 2.00 bits per heavy atom.